The molecule has 0 heterocycles. The van der Waals surface area contributed by atoms with Crippen molar-refractivity contribution in [1.82, 2.24) is 21.3 Å². The van der Waals surface area contributed by atoms with E-state index in [1.54, 1.807) is 13.8 Å². The molecule has 0 spiro atoms. The minimum absolute atomic E-state index is 0.182. The number of methoxy groups -OCH3 is 1. The number of benzene rings is 2. The first-order valence-electron chi connectivity index (χ1n) is 16.9. The Labute approximate surface area is 285 Å². The molecule has 0 radical (unpaired) electrons. The number of ether oxygens (including phenoxy) is 1. The van der Waals surface area contributed by atoms with Crippen LogP contribution < -0.4 is 27.0 Å². The van der Waals surface area contributed by atoms with Crippen molar-refractivity contribution >= 4 is 29.6 Å². The van der Waals surface area contributed by atoms with Gasteiger partial charge in [-0.3, -0.25) is 19.2 Å². The van der Waals surface area contributed by atoms with E-state index in [-0.39, 0.29) is 36.5 Å². The molecule has 6 atom stereocenters. The maximum absolute atomic E-state index is 13.6. The summed E-state index contributed by atoms with van der Waals surface area (Å²) in [5.74, 6) is -2.84. The van der Waals surface area contributed by atoms with Gasteiger partial charge in [0.2, 0.25) is 23.6 Å². The largest absolute Gasteiger partial charge is 0.467 e. The fraction of sp³-hybridized carbons (Fsp3) is 0.541. The first kappa shape index (κ1) is 39.9. The molecule has 0 aliphatic carbocycles. The Morgan fingerprint density at radius 2 is 1.21 bits per heavy atom. The monoisotopic (exact) mass is 665 g/mol. The van der Waals surface area contributed by atoms with Crippen molar-refractivity contribution in [3.63, 3.8) is 0 Å². The molecule has 0 aliphatic heterocycles. The topological polar surface area (TPSA) is 169 Å². The fourth-order valence-corrected chi connectivity index (χ4v) is 5.29. The van der Waals surface area contributed by atoms with Crippen molar-refractivity contribution in [2.24, 2.45) is 23.5 Å². The molecule has 2 rings (SSSR count). The second-order valence-electron chi connectivity index (χ2n) is 13.1. The van der Waals surface area contributed by atoms with Gasteiger partial charge in [0.1, 0.15) is 18.1 Å². The Kier molecular flexibility index (Phi) is 16.8. The third-order valence-electron chi connectivity index (χ3n) is 8.54. The van der Waals surface area contributed by atoms with Crippen molar-refractivity contribution in [2.45, 2.75) is 104 Å². The molecule has 0 aromatic heterocycles. The highest BCUT2D eigenvalue weighted by Crippen LogP contribution is 2.14. The first-order valence-corrected chi connectivity index (χ1v) is 16.9. The van der Waals surface area contributed by atoms with Crippen molar-refractivity contribution in [1.29, 1.82) is 0 Å². The normalized spacial score (nSPS) is 15.0. The minimum atomic E-state index is -0.917. The van der Waals surface area contributed by atoms with Gasteiger partial charge in [-0.25, -0.2) is 4.79 Å². The van der Waals surface area contributed by atoms with Crippen LogP contribution in [0, 0.1) is 17.8 Å². The number of amides is 4. The zero-order chi connectivity index (χ0) is 35.8. The summed E-state index contributed by atoms with van der Waals surface area (Å²) in [4.78, 5) is 65.5. The molecule has 11 nitrogen and oxygen atoms in total. The first-order chi connectivity index (χ1) is 22.8. The maximum Gasteiger partial charge on any atom is 0.328 e. The summed E-state index contributed by atoms with van der Waals surface area (Å²) in [7, 11) is 1.26. The molecule has 0 saturated carbocycles. The number of carbonyl (C=O) groups excluding carboxylic acids is 5. The van der Waals surface area contributed by atoms with Crippen molar-refractivity contribution < 1.29 is 28.7 Å². The summed E-state index contributed by atoms with van der Waals surface area (Å²) in [5.41, 5.74) is 8.56. The summed E-state index contributed by atoms with van der Waals surface area (Å²) in [5, 5.41) is 11.4. The van der Waals surface area contributed by atoms with Crippen LogP contribution in [0.2, 0.25) is 0 Å². The van der Waals surface area contributed by atoms with Crippen molar-refractivity contribution in [3.05, 3.63) is 71.8 Å². The lowest BCUT2D eigenvalue weighted by molar-refractivity contribution is -0.147. The lowest BCUT2D eigenvalue weighted by Crippen LogP contribution is -2.58. The SMILES string of the molecule is CC[C@H](C)[C@H](NC(=O)C[C@H](N)[C@H](Cc1ccccc1)NC(=O)C(NC(=O)CCc1ccccc1)C(C)C)C(=O)NC(C(=O)OC)C(C)C. The van der Waals surface area contributed by atoms with Gasteiger partial charge in [0.15, 0.2) is 0 Å². The number of nitrogens with one attached hydrogen (secondary N) is 4. The van der Waals surface area contributed by atoms with E-state index in [2.05, 4.69) is 21.3 Å². The average molecular weight is 666 g/mol. The van der Waals surface area contributed by atoms with Crippen LogP contribution in [0.4, 0.5) is 0 Å². The third kappa shape index (κ3) is 13.1. The molecule has 264 valence electrons. The standard InChI is InChI=1S/C37H55N5O6/c1-8-25(6)34(36(46)42-33(24(4)5)37(47)48-7)41-31(44)22-28(38)29(21-27-17-13-10-14-18-27)39-35(45)32(23(2)3)40-30(43)20-19-26-15-11-9-12-16-26/h9-18,23-25,28-29,32-34H,8,19-22,38H2,1-7H3,(H,39,45)(H,40,43)(H,41,44)(H,42,46)/t25-,28-,29-,32?,33?,34-/m0/s1. The van der Waals surface area contributed by atoms with E-state index in [0.717, 1.165) is 11.1 Å². The molecule has 4 amide bonds. The van der Waals surface area contributed by atoms with Gasteiger partial charge >= 0.3 is 5.97 Å². The molecule has 2 aromatic rings. The van der Waals surface area contributed by atoms with Crippen LogP contribution in [0.15, 0.2) is 60.7 Å². The minimum Gasteiger partial charge on any atom is -0.467 e. The van der Waals surface area contributed by atoms with Gasteiger partial charge in [0.25, 0.3) is 0 Å². The van der Waals surface area contributed by atoms with Gasteiger partial charge in [0, 0.05) is 24.9 Å². The van der Waals surface area contributed by atoms with E-state index in [1.807, 2.05) is 88.4 Å². The van der Waals surface area contributed by atoms with E-state index >= 15 is 0 Å². The predicted molar refractivity (Wildman–Crippen MR) is 186 cm³/mol. The average Bonchev–Trinajstić information content (AvgIpc) is 3.06. The van der Waals surface area contributed by atoms with Crippen molar-refractivity contribution in [3.8, 4) is 0 Å². The van der Waals surface area contributed by atoms with Crippen LogP contribution in [0.1, 0.15) is 71.9 Å². The lowest BCUT2D eigenvalue weighted by Gasteiger charge is -2.30. The third-order valence-corrected chi connectivity index (χ3v) is 8.54. The van der Waals surface area contributed by atoms with Gasteiger partial charge in [0.05, 0.1) is 7.11 Å². The number of esters is 1. The van der Waals surface area contributed by atoms with Crippen LogP contribution in [0.25, 0.3) is 0 Å². The molecule has 0 fully saturated rings. The fourth-order valence-electron chi connectivity index (χ4n) is 5.29. The molecule has 6 N–H and O–H groups in total. The lowest BCUT2D eigenvalue weighted by atomic mass is 9.94. The number of rotatable bonds is 19. The summed E-state index contributed by atoms with van der Waals surface area (Å²) < 4.78 is 4.85. The number of carbonyl (C=O) groups is 5. The summed E-state index contributed by atoms with van der Waals surface area (Å²) in [6.45, 7) is 11.0. The molecular weight excluding hydrogens is 610 g/mol. The summed E-state index contributed by atoms with van der Waals surface area (Å²) in [6, 6.07) is 15.0. The smallest absolute Gasteiger partial charge is 0.328 e. The molecule has 2 unspecified atom stereocenters. The van der Waals surface area contributed by atoms with Gasteiger partial charge in [-0.15, -0.1) is 0 Å². The molecular formula is C37H55N5O6. The zero-order valence-corrected chi connectivity index (χ0v) is 29.5. The van der Waals surface area contributed by atoms with Gasteiger partial charge in [-0.2, -0.15) is 0 Å². The molecule has 2 aromatic carbocycles. The summed E-state index contributed by atoms with van der Waals surface area (Å²) >= 11 is 0. The van der Waals surface area contributed by atoms with Gasteiger partial charge < -0.3 is 31.7 Å². The Bertz CT molecular complexity index is 1320. The van der Waals surface area contributed by atoms with E-state index in [1.165, 1.54) is 7.11 Å². The quantitative estimate of drug-likeness (QED) is 0.144. The van der Waals surface area contributed by atoms with Gasteiger partial charge in [-0.05, 0) is 41.7 Å². The van der Waals surface area contributed by atoms with Crippen molar-refractivity contribution in [2.75, 3.05) is 7.11 Å². The zero-order valence-electron chi connectivity index (χ0n) is 29.5. The highest BCUT2D eigenvalue weighted by molar-refractivity contribution is 5.91. The number of nitrogens with two attached hydrogens (primary N) is 1. The highest BCUT2D eigenvalue weighted by atomic mass is 16.5. The molecule has 11 heteroatoms. The van der Waals surface area contributed by atoms with Gasteiger partial charge in [-0.1, -0.05) is 109 Å². The van der Waals surface area contributed by atoms with E-state index in [9.17, 15) is 24.0 Å². The Morgan fingerprint density at radius 1 is 0.688 bits per heavy atom. The van der Waals surface area contributed by atoms with E-state index in [0.29, 0.717) is 19.3 Å². The molecule has 48 heavy (non-hydrogen) atoms. The van der Waals surface area contributed by atoms with Crippen LogP contribution in [-0.4, -0.2) is 66.9 Å². The Morgan fingerprint density at radius 3 is 1.73 bits per heavy atom. The van der Waals surface area contributed by atoms with E-state index < -0.39 is 53.9 Å². The number of hydrogen-bond donors (Lipinski definition) is 5. The number of hydrogen-bond acceptors (Lipinski definition) is 7. The Balaban J connectivity index is 2.18. The summed E-state index contributed by atoms with van der Waals surface area (Å²) in [6.07, 6.45) is 1.54. The number of aryl methyl sites for hydroxylation is 1. The second kappa shape index (κ2) is 20.2. The van der Waals surface area contributed by atoms with Crippen LogP contribution in [0.3, 0.4) is 0 Å². The predicted octanol–water partition coefficient (Wildman–Crippen LogP) is 3.05. The second-order valence-corrected chi connectivity index (χ2v) is 13.1. The van der Waals surface area contributed by atoms with E-state index in [4.69, 9.17) is 10.5 Å². The van der Waals surface area contributed by atoms with Crippen LogP contribution in [0.5, 0.6) is 0 Å². The highest BCUT2D eigenvalue weighted by Gasteiger charge is 2.33. The molecule has 0 bridgehead atoms. The van der Waals surface area contributed by atoms with Crippen LogP contribution in [-0.2, 0) is 41.6 Å². The van der Waals surface area contributed by atoms with Crippen LogP contribution >= 0.6 is 0 Å². The maximum atomic E-state index is 13.6. The molecule has 0 aliphatic rings. The molecule has 0 saturated heterocycles. The Hall–Kier alpha value is -4.25.